The molecule has 0 amide bonds. The quantitative estimate of drug-likeness (QED) is 0.234. The third-order valence-electron chi connectivity index (χ3n) is 7.17. The Labute approximate surface area is 237 Å². The van der Waals surface area contributed by atoms with E-state index in [-0.39, 0.29) is 17.6 Å². The number of morpholine rings is 1. The Hall–Kier alpha value is -3.53. The van der Waals surface area contributed by atoms with Gasteiger partial charge in [0.05, 0.1) is 41.2 Å². The number of hydrogen-bond donors (Lipinski definition) is 0. The molecule has 0 aliphatic carbocycles. The van der Waals surface area contributed by atoms with Gasteiger partial charge in [0.15, 0.2) is 4.96 Å². The summed E-state index contributed by atoms with van der Waals surface area (Å²) in [7, 11) is 0. The lowest BCUT2D eigenvalue weighted by atomic mass is 9.93. The van der Waals surface area contributed by atoms with Crippen LogP contribution < -0.4 is 4.74 Å². The number of nitrogens with zero attached hydrogens (tertiary/aromatic N) is 4. The number of ketones is 1. The molecule has 40 heavy (non-hydrogen) atoms. The molecular formula is C31H34N4O4S. The molecule has 0 bridgehead atoms. The Bertz CT molecular complexity index is 1620. The van der Waals surface area contributed by atoms with Crippen LogP contribution in [0.25, 0.3) is 26.4 Å². The Morgan fingerprint density at radius 2 is 1.85 bits per heavy atom. The second kappa shape index (κ2) is 11.2. The van der Waals surface area contributed by atoms with E-state index in [2.05, 4.69) is 53.6 Å². The fourth-order valence-electron chi connectivity index (χ4n) is 4.86. The van der Waals surface area contributed by atoms with Crippen molar-refractivity contribution in [2.45, 2.75) is 39.0 Å². The molecule has 6 rings (SSSR count). The largest absolute Gasteiger partial charge is 0.492 e. The molecule has 1 fully saturated rings. The lowest BCUT2D eigenvalue weighted by Crippen LogP contribution is -2.38. The molecule has 0 unspecified atom stereocenters. The average molecular weight is 559 g/mol. The van der Waals surface area contributed by atoms with Crippen molar-refractivity contribution in [3.63, 3.8) is 0 Å². The summed E-state index contributed by atoms with van der Waals surface area (Å²) < 4.78 is 20.1. The SMILES string of the molecule is CC(C)(C)c1cc(CC(=O)Cc2ccc(-c3cn4c(n3)sc3cc(OCCN5CCOCC5)ccc34)cc2)no1. The van der Waals surface area contributed by atoms with E-state index in [0.717, 1.165) is 76.4 Å². The maximum Gasteiger partial charge on any atom is 0.195 e. The highest BCUT2D eigenvalue weighted by Gasteiger charge is 2.20. The molecule has 0 saturated carbocycles. The highest BCUT2D eigenvalue weighted by molar-refractivity contribution is 7.23. The van der Waals surface area contributed by atoms with Gasteiger partial charge in [0, 0.05) is 49.3 Å². The van der Waals surface area contributed by atoms with E-state index in [1.807, 2.05) is 36.4 Å². The molecule has 0 atom stereocenters. The number of carbonyl (C=O) groups is 1. The van der Waals surface area contributed by atoms with Gasteiger partial charge >= 0.3 is 0 Å². The van der Waals surface area contributed by atoms with Crippen LogP contribution in [0.2, 0.25) is 0 Å². The van der Waals surface area contributed by atoms with Gasteiger partial charge in [-0.15, -0.1) is 0 Å². The smallest absolute Gasteiger partial charge is 0.195 e. The van der Waals surface area contributed by atoms with Gasteiger partial charge in [0.25, 0.3) is 0 Å². The molecule has 4 heterocycles. The molecule has 0 N–H and O–H groups in total. The van der Waals surface area contributed by atoms with Gasteiger partial charge in [-0.05, 0) is 23.8 Å². The summed E-state index contributed by atoms with van der Waals surface area (Å²) in [4.78, 5) is 20.8. The summed E-state index contributed by atoms with van der Waals surface area (Å²) in [5.41, 5.74) is 4.58. The highest BCUT2D eigenvalue weighted by atomic mass is 32.1. The Morgan fingerprint density at radius 1 is 1.05 bits per heavy atom. The summed E-state index contributed by atoms with van der Waals surface area (Å²) in [6.45, 7) is 11.3. The highest BCUT2D eigenvalue weighted by Crippen LogP contribution is 2.32. The zero-order chi connectivity index (χ0) is 27.7. The average Bonchev–Trinajstić information content (AvgIpc) is 3.64. The van der Waals surface area contributed by atoms with Gasteiger partial charge in [-0.25, -0.2) is 4.98 Å². The van der Waals surface area contributed by atoms with E-state index < -0.39 is 0 Å². The van der Waals surface area contributed by atoms with Crippen LogP contribution in [-0.2, 0) is 27.8 Å². The molecular weight excluding hydrogens is 524 g/mol. The summed E-state index contributed by atoms with van der Waals surface area (Å²) in [6, 6.07) is 16.2. The number of hydrogen-bond acceptors (Lipinski definition) is 8. The van der Waals surface area contributed by atoms with Gasteiger partial charge < -0.3 is 14.0 Å². The van der Waals surface area contributed by atoms with E-state index >= 15 is 0 Å². The van der Waals surface area contributed by atoms with Gasteiger partial charge in [-0.2, -0.15) is 0 Å². The number of rotatable bonds is 9. The Morgan fingerprint density at radius 3 is 2.60 bits per heavy atom. The first-order valence-corrected chi connectivity index (χ1v) is 14.6. The number of carbonyl (C=O) groups excluding carboxylic acids is 1. The van der Waals surface area contributed by atoms with Crippen LogP contribution in [-0.4, -0.2) is 64.7 Å². The van der Waals surface area contributed by atoms with E-state index in [4.69, 9.17) is 19.0 Å². The van der Waals surface area contributed by atoms with Crippen LogP contribution in [0.4, 0.5) is 0 Å². The zero-order valence-corrected chi connectivity index (χ0v) is 24.0. The summed E-state index contributed by atoms with van der Waals surface area (Å²) >= 11 is 1.66. The van der Waals surface area contributed by atoms with Gasteiger partial charge in [0.2, 0.25) is 0 Å². The summed E-state index contributed by atoms with van der Waals surface area (Å²) in [5.74, 6) is 1.79. The number of Topliss-reactive ketones (excluding diaryl/α,β-unsaturated/α-hetero) is 1. The van der Waals surface area contributed by atoms with Crippen LogP contribution in [0, 0.1) is 0 Å². The number of benzene rings is 2. The topological polar surface area (TPSA) is 82.1 Å². The standard InChI is InChI=1S/C31H34N4O4S/c1-31(2,3)29-18-23(33-39-29)17-24(36)16-21-4-6-22(7-5-21)26-20-35-27-9-8-25(19-28(27)40-30(35)32-26)38-15-12-34-10-13-37-14-11-34/h4-9,18-20H,10-17H2,1-3H3. The first kappa shape index (κ1) is 26.7. The molecule has 1 aliphatic heterocycles. The van der Waals surface area contributed by atoms with Crippen molar-refractivity contribution in [2.75, 3.05) is 39.5 Å². The fraction of sp³-hybridized carbons (Fsp3) is 0.387. The molecule has 1 saturated heterocycles. The second-order valence-corrected chi connectivity index (χ2v) is 12.3. The Balaban J connectivity index is 1.08. The molecule has 3 aromatic heterocycles. The minimum Gasteiger partial charge on any atom is -0.492 e. The normalized spacial score (nSPS) is 14.8. The number of imidazole rings is 1. The number of ether oxygens (including phenoxy) is 2. The lowest BCUT2D eigenvalue weighted by Gasteiger charge is -2.26. The third-order valence-corrected chi connectivity index (χ3v) is 8.19. The van der Waals surface area contributed by atoms with Crippen LogP contribution in [0.1, 0.15) is 37.8 Å². The zero-order valence-electron chi connectivity index (χ0n) is 23.2. The van der Waals surface area contributed by atoms with Crippen molar-refractivity contribution in [2.24, 2.45) is 0 Å². The minimum atomic E-state index is -0.126. The molecule has 0 radical (unpaired) electrons. The van der Waals surface area contributed by atoms with Crippen molar-refractivity contribution < 1.29 is 18.8 Å². The predicted octanol–water partition coefficient (Wildman–Crippen LogP) is 5.57. The van der Waals surface area contributed by atoms with Crippen molar-refractivity contribution in [1.82, 2.24) is 19.4 Å². The molecule has 2 aromatic carbocycles. The van der Waals surface area contributed by atoms with E-state index in [1.165, 1.54) is 0 Å². The van der Waals surface area contributed by atoms with Gasteiger partial charge in [0.1, 0.15) is 23.9 Å². The molecule has 9 heteroatoms. The Kier molecular flexibility index (Phi) is 7.44. The van der Waals surface area contributed by atoms with E-state index in [9.17, 15) is 4.79 Å². The first-order valence-electron chi connectivity index (χ1n) is 13.7. The molecule has 5 aromatic rings. The minimum absolute atomic E-state index is 0.111. The van der Waals surface area contributed by atoms with Crippen LogP contribution in [0.3, 0.4) is 0 Å². The van der Waals surface area contributed by atoms with Crippen molar-refractivity contribution >= 4 is 32.3 Å². The van der Waals surface area contributed by atoms with Gasteiger partial charge in [-0.3, -0.25) is 14.1 Å². The molecule has 0 spiro atoms. The number of thiazole rings is 1. The maximum atomic E-state index is 12.6. The summed E-state index contributed by atoms with van der Waals surface area (Å²) in [5, 5.41) is 4.07. The van der Waals surface area contributed by atoms with Crippen LogP contribution in [0.15, 0.2) is 59.3 Å². The van der Waals surface area contributed by atoms with Crippen molar-refractivity contribution in [1.29, 1.82) is 0 Å². The van der Waals surface area contributed by atoms with E-state index in [1.54, 1.807) is 11.3 Å². The summed E-state index contributed by atoms with van der Waals surface area (Å²) in [6.07, 6.45) is 2.70. The third kappa shape index (κ3) is 5.96. The monoisotopic (exact) mass is 558 g/mol. The number of aromatic nitrogens is 3. The van der Waals surface area contributed by atoms with Crippen LogP contribution in [0.5, 0.6) is 5.75 Å². The molecule has 208 valence electrons. The molecule has 8 nitrogen and oxygen atoms in total. The van der Waals surface area contributed by atoms with Crippen molar-refractivity contribution in [3.8, 4) is 17.0 Å². The molecule has 1 aliphatic rings. The first-order chi connectivity index (χ1) is 19.3. The predicted molar refractivity (Wildman–Crippen MR) is 156 cm³/mol. The second-order valence-electron chi connectivity index (χ2n) is 11.3. The fourth-order valence-corrected chi connectivity index (χ4v) is 5.90. The van der Waals surface area contributed by atoms with Crippen molar-refractivity contribution in [3.05, 3.63) is 71.7 Å². The van der Waals surface area contributed by atoms with Gasteiger partial charge in [-0.1, -0.05) is 61.5 Å². The maximum absolute atomic E-state index is 12.6. The van der Waals surface area contributed by atoms with E-state index in [0.29, 0.717) is 18.7 Å². The number of fused-ring (bicyclic) bond motifs is 3. The van der Waals surface area contributed by atoms with Crippen LogP contribution >= 0.6 is 11.3 Å². The lowest BCUT2D eigenvalue weighted by molar-refractivity contribution is -0.117.